The molecule has 0 saturated heterocycles. The van der Waals surface area contributed by atoms with Gasteiger partial charge in [-0.05, 0) is 29.8 Å². The van der Waals surface area contributed by atoms with Crippen LogP contribution in [0.15, 0.2) is 87.6 Å². The summed E-state index contributed by atoms with van der Waals surface area (Å²) in [7, 11) is 0. The Balaban J connectivity index is 1.43. The normalized spacial score (nSPS) is 11.1. The Morgan fingerprint density at radius 1 is 1.04 bits per heavy atom. The van der Waals surface area contributed by atoms with Crippen molar-refractivity contribution in [3.05, 3.63) is 84.3 Å². The SMILES string of the molecule is O=C(O)c1cccc(-c2ccc(CN=Nc3ncc(-c4ccccc4)s3)o2)c1. The van der Waals surface area contributed by atoms with Crippen molar-refractivity contribution < 1.29 is 14.3 Å². The Labute approximate surface area is 164 Å². The van der Waals surface area contributed by atoms with Crippen molar-refractivity contribution in [3.63, 3.8) is 0 Å². The third-order valence-electron chi connectivity index (χ3n) is 3.99. The van der Waals surface area contributed by atoms with Gasteiger partial charge in [-0.2, -0.15) is 5.11 Å². The van der Waals surface area contributed by atoms with Crippen LogP contribution >= 0.6 is 11.3 Å². The van der Waals surface area contributed by atoms with Crippen molar-refractivity contribution >= 4 is 22.4 Å². The third-order valence-corrected chi connectivity index (χ3v) is 4.92. The number of hydrogen-bond donors (Lipinski definition) is 1. The van der Waals surface area contributed by atoms with E-state index in [1.807, 2.05) is 30.3 Å². The minimum atomic E-state index is -0.972. The van der Waals surface area contributed by atoms with Gasteiger partial charge in [0.15, 0.2) is 0 Å². The maximum absolute atomic E-state index is 11.1. The molecule has 2 aromatic carbocycles. The number of aromatic carboxylic acids is 1. The summed E-state index contributed by atoms with van der Waals surface area (Å²) < 4.78 is 5.75. The zero-order valence-corrected chi connectivity index (χ0v) is 15.5. The fraction of sp³-hybridized carbons (Fsp3) is 0.0476. The summed E-state index contributed by atoms with van der Waals surface area (Å²) in [5.41, 5.74) is 2.02. The molecule has 138 valence electrons. The minimum Gasteiger partial charge on any atom is -0.478 e. The standard InChI is InChI=1S/C21H15N3O3S/c25-20(26)16-8-4-7-15(11-16)18-10-9-17(27-18)12-23-24-21-22-13-19(28-21)14-5-2-1-3-6-14/h1-11,13H,12H2,(H,25,26). The van der Waals surface area contributed by atoms with Gasteiger partial charge < -0.3 is 9.52 Å². The number of rotatable bonds is 6. The molecule has 0 atom stereocenters. The van der Waals surface area contributed by atoms with E-state index in [-0.39, 0.29) is 12.1 Å². The molecule has 28 heavy (non-hydrogen) atoms. The van der Waals surface area contributed by atoms with Gasteiger partial charge in [-0.25, -0.2) is 9.78 Å². The lowest BCUT2D eigenvalue weighted by atomic mass is 10.1. The highest BCUT2D eigenvalue weighted by Gasteiger charge is 2.08. The zero-order chi connectivity index (χ0) is 19.3. The first kappa shape index (κ1) is 17.8. The zero-order valence-electron chi connectivity index (χ0n) is 14.6. The highest BCUT2D eigenvalue weighted by atomic mass is 32.1. The molecule has 0 amide bonds. The summed E-state index contributed by atoms with van der Waals surface area (Å²) in [5.74, 6) is 0.258. The van der Waals surface area contributed by atoms with E-state index in [0.717, 1.165) is 10.4 Å². The summed E-state index contributed by atoms with van der Waals surface area (Å²) in [6.45, 7) is 0.277. The summed E-state index contributed by atoms with van der Waals surface area (Å²) >= 11 is 1.47. The molecule has 2 aromatic heterocycles. The maximum Gasteiger partial charge on any atom is 0.335 e. The Hall–Kier alpha value is -3.58. The van der Waals surface area contributed by atoms with E-state index >= 15 is 0 Å². The fourth-order valence-electron chi connectivity index (χ4n) is 2.64. The number of carboxylic acid groups (broad SMARTS) is 1. The molecule has 0 aliphatic heterocycles. The second kappa shape index (κ2) is 7.98. The summed E-state index contributed by atoms with van der Waals surface area (Å²) in [6.07, 6.45) is 1.79. The molecule has 0 radical (unpaired) electrons. The molecule has 4 aromatic rings. The van der Waals surface area contributed by atoms with Gasteiger partial charge in [0, 0.05) is 11.8 Å². The van der Waals surface area contributed by atoms with E-state index in [0.29, 0.717) is 22.2 Å². The molecule has 0 aliphatic carbocycles. The number of carbonyl (C=O) groups is 1. The van der Waals surface area contributed by atoms with Crippen molar-refractivity contribution in [2.75, 3.05) is 0 Å². The predicted octanol–water partition coefficient (Wildman–Crippen LogP) is 6.05. The maximum atomic E-state index is 11.1. The number of nitrogens with zero attached hydrogens (tertiary/aromatic N) is 3. The number of benzene rings is 2. The lowest BCUT2D eigenvalue weighted by Crippen LogP contribution is -1.95. The Bertz CT molecular complexity index is 1130. The second-order valence-electron chi connectivity index (χ2n) is 5.92. The molecular weight excluding hydrogens is 374 g/mol. The molecule has 2 heterocycles. The molecule has 1 N–H and O–H groups in total. The van der Waals surface area contributed by atoms with Crippen LogP contribution in [-0.4, -0.2) is 16.1 Å². The van der Waals surface area contributed by atoms with Gasteiger partial charge in [-0.3, -0.25) is 0 Å². The minimum absolute atomic E-state index is 0.216. The molecule has 0 saturated carbocycles. The van der Waals surface area contributed by atoms with Crippen LogP contribution in [0.1, 0.15) is 16.1 Å². The molecule has 4 rings (SSSR count). The van der Waals surface area contributed by atoms with Crippen LogP contribution in [0.5, 0.6) is 0 Å². The topological polar surface area (TPSA) is 88.0 Å². The molecule has 7 heteroatoms. The van der Waals surface area contributed by atoms with E-state index in [2.05, 4.69) is 15.2 Å². The molecule has 6 nitrogen and oxygen atoms in total. The molecule has 0 aliphatic rings. The molecule has 0 unspecified atom stereocenters. The Kier molecular flexibility index (Phi) is 5.07. The molecule has 0 bridgehead atoms. The van der Waals surface area contributed by atoms with Crippen molar-refractivity contribution in [3.8, 4) is 21.8 Å². The molecule has 0 spiro atoms. The van der Waals surface area contributed by atoms with E-state index in [1.165, 1.54) is 11.3 Å². The number of hydrogen-bond acceptors (Lipinski definition) is 6. The third kappa shape index (κ3) is 4.05. The first-order chi connectivity index (χ1) is 13.7. The van der Waals surface area contributed by atoms with Crippen molar-refractivity contribution in [2.45, 2.75) is 6.54 Å². The lowest BCUT2D eigenvalue weighted by Gasteiger charge is -1.99. The smallest absolute Gasteiger partial charge is 0.335 e. The Morgan fingerprint density at radius 2 is 1.86 bits per heavy atom. The Morgan fingerprint density at radius 3 is 2.68 bits per heavy atom. The quantitative estimate of drug-likeness (QED) is 0.406. The van der Waals surface area contributed by atoms with Gasteiger partial charge in [0.05, 0.1) is 10.4 Å². The van der Waals surface area contributed by atoms with Crippen molar-refractivity contribution in [2.24, 2.45) is 10.2 Å². The lowest BCUT2D eigenvalue weighted by molar-refractivity contribution is 0.0697. The van der Waals surface area contributed by atoms with Crippen LogP contribution in [0.4, 0.5) is 5.13 Å². The van der Waals surface area contributed by atoms with Gasteiger partial charge in [-0.15, -0.1) is 5.11 Å². The molecular formula is C21H15N3O3S. The van der Waals surface area contributed by atoms with Crippen molar-refractivity contribution in [1.29, 1.82) is 0 Å². The van der Waals surface area contributed by atoms with Gasteiger partial charge in [0.1, 0.15) is 18.1 Å². The van der Waals surface area contributed by atoms with Gasteiger partial charge in [0.2, 0.25) is 5.13 Å². The van der Waals surface area contributed by atoms with Crippen LogP contribution in [0.3, 0.4) is 0 Å². The van der Waals surface area contributed by atoms with Crippen LogP contribution in [0.25, 0.3) is 21.8 Å². The first-order valence-corrected chi connectivity index (χ1v) is 9.32. The van der Waals surface area contributed by atoms with Crippen LogP contribution in [-0.2, 0) is 6.54 Å². The van der Waals surface area contributed by atoms with E-state index in [1.54, 1.807) is 42.6 Å². The second-order valence-corrected chi connectivity index (χ2v) is 6.93. The van der Waals surface area contributed by atoms with E-state index in [4.69, 9.17) is 9.52 Å². The fourth-order valence-corrected chi connectivity index (χ4v) is 3.40. The van der Waals surface area contributed by atoms with Crippen LogP contribution in [0.2, 0.25) is 0 Å². The van der Waals surface area contributed by atoms with Gasteiger partial charge >= 0.3 is 5.97 Å². The number of furan rings is 1. The summed E-state index contributed by atoms with van der Waals surface area (Å²) in [4.78, 5) is 16.4. The average molecular weight is 389 g/mol. The predicted molar refractivity (Wildman–Crippen MR) is 107 cm³/mol. The number of aromatic nitrogens is 1. The molecule has 0 fully saturated rings. The van der Waals surface area contributed by atoms with Crippen LogP contribution in [0, 0.1) is 0 Å². The number of azo groups is 1. The average Bonchev–Trinajstić information content (AvgIpc) is 3.39. The van der Waals surface area contributed by atoms with E-state index in [9.17, 15) is 4.79 Å². The summed E-state index contributed by atoms with van der Waals surface area (Å²) in [6, 6.07) is 20.2. The number of carboxylic acids is 1. The van der Waals surface area contributed by atoms with E-state index < -0.39 is 5.97 Å². The summed E-state index contributed by atoms with van der Waals surface area (Å²) in [5, 5.41) is 18.0. The first-order valence-electron chi connectivity index (χ1n) is 8.50. The van der Waals surface area contributed by atoms with Crippen LogP contribution < -0.4 is 0 Å². The highest BCUT2D eigenvalue weighted by Crippen LogP contribution is 2.30. The monoisotopic (exact) mass is 389 g/mol. The van der Waals surface area contributed by atoms with Crippen molar-refractivity contribution in [1.82, 2.24) is 4.98 Å². The highest BCUT2D eigenvalue weighted by molar-refractivity contribution is 7.18. The largest absolute Gasteiger partial charge is 0.478 e. The van der Waals surface area contributed by atoms with Gasteiger partial charge in [-0.1, -0.05) is 53.8 Å². The number of thiazole rings is 1. The van der Waals surface area contributed by atoms with Gasteiger partial charge in [0.25, 0.3) is 0 Å².